The Hall–Kier alpha value is -0.800. The summed E-state index contributed by atoms with van der Waals surface area (Å²) in [5, 5.41) is 1.46. The van der Waals surface area contributed by atoms with E-state index in [0.29, 0.717) is 5.19 Å². The molecular formula is C9H8ClNOS. The maximum Gasteiger partial charge on any atom is 0.274 e. The Balaban J connectivity index is 2.76. The highest BCUT2D eigenvalue weighted by Gasteiger charge is 2.07. The van der Waals surface area contributed by atoms with Gasteiger partial charge in [-0.1, -0.05) is 22.9 Å². The predicted molar refractivity (Wildman–Crippen MR) is 55.9 cm³/mol. The first kappa shape index (κ1) is 8.78. The molecule has 1 aromatic heterocycles. The van der Waals surface area contributed by atoms with Crippen LogP contribution in [0, 0.1) is 6.92 Å². The number of fused-ring (bicyclic) bond motifs is 1. The van der Waals surface area contributed by atoms with Crippen molar-refractivity contribution in [3.05, 3.63) is 22.7 Å². The minimum Gasteiger partial charge on any atom is -0.473 e. The third kappa shape index (κ3) is 1.38. The number of benzene rings is 1. The van der Waals surface area contributed by atoms with Gasteiger partial charge in [-0.15, -0.1) is 0 Å². The molecule has 68 valence electrons. The zero-order chi connectivity index (χ0) is 9.42. The molecule has 0 radical (unpaired) electrons. The van der Waals surface area contributed by atoms with Gasteiger partial charge in [0.15, 0.2) is 0 Å². The summed E-state index contributed by atoms with van der Waals surface area (Å²) in [5.41, 5.74) is 2.02. The van der Waals surface area contributed by atoms with Crippen LogP contribution in [0.3, 0.4) is 0 Å². The average molecular weight is 214 g/mol. The van der Waals surface area contributed by atoms with Gasteiger partial charge in [0, 0.05) is 5.02 Å². The van der Waals surface area contributed by atoms with Crippen molar-refractivity contribution in [3.8, 4) is 5.19 Å². The van der Waals surface area contributed by atoms with E-state index in [4.69, 9.17) is 16.3 Å². The molecule has 0 spiro atoms. The van der Waals surface area contributed by atoms with Gasteiger partial charge in [0.1, 0.15) is 0 Å². The molecule has 0 unspecified atom stereocenters. The Morgan fingerprint density at radius 2 is 2.23 bits per heavy atom. The lowest BCUT2D eigenvalue weighted by Gasteiger charge is -1.95. The number of aromatic nitrogens is 1. The molecule has 0 saturated carbocycles. The highest BCUT2D eigenvalue weighted by atomic mass is 35.5. The SMILES string of the molecule is COc1nc2ccc(Cl)c(C)c2s1. The molecule has 2 rings (SSSR count). The van der Waals surface area contributed by atoms with Crippen molar-refractivity contribution in [2.24, 2.45) is 0 Å². The summed E-state index contributed by atoms with van der Waals surface area (Å²) >= 11 is 7.50. The van der Waals surface area contributed by atoms with Gasteiger partial charge in [-0.2, -0.15) is 0 Å². The fourth-order valence-corrected chi connectivity index (χ4v) is 2.26. The Kier molecular flexibility index (Phi) is 2.14. The Morgan fingerprint density at radius 3 is 2.92 bits per heavy atom. The smallest absolute Gasteiger partial charge is 0.274 e. The van der Waals surface area contributed by atoms with E-state index in [-0.39, 0.29) is 0 Å². The molecular weight excluding hydrogens is 206 g/mol. The second-order valence-corrected chi connectivity index (χ2v) is 4.07. The number of rotatable bonds is 1. The van der Waals surface area contributed by atoms with Gasteiger partial charge in [0.05, 0.1) is 17.3 Å². The third-order valence-electron chi connectivity index (χ3n) is 1.89. The van der Waals surface area contributed by atoms with Crippen molar-refractivity contribution in [1.29, 1.82) is 0 Å². The molecule has 0 fully saturated rings. The molecule has 0 aliphatic carbocycles. The topological polar surface area (TPSA) is 22.1 Å². The number of hydrogen-bond donors (Lipinski definition) is 0. The van der Waals surface area contributed by atoms with E-state index in [1.807, 2.05) is 19.1 Å². The summed E-state index contributed by atoms with van der Waals surface area (Å²) in [7, 11) is 1.62. The maximum atomic E-state index is 5.98. The molecule has 1 aromatic carbocycles. The molecule has 2 aromatic rings. The van der Waals surface area contributed by atoms with E-state index < -0.39 is 0 Å². The summed E-state index contributed by atoms with van der Waals surface area (Å²) in [6, 6.07) is 3.77. The molecule has 13 heavy (non-hydrogen) atoms. The van der Waals surface area contributed by atoms with Gasteiger partial charge in [0.2, 0.25) is 0 Å². The van der Waals surface area contributed by atoms with Crippen LogP contribution in [0.4, 0.5) is 0 Å². The van der Waals surface area contributed by atoms with Crippen LogP contribution in [0.15, 0.2) is 12.1 Å². The lowest BCUT2D eigenvalue weighted by molar-refractivity contribution is 0.413. The van der Waals surface area contributed by atoms with Gasteiger partial charge in [-0.05, 0) is 24.6 Å². The van der Waals surface area contributed by atoms with Gasteiger partial charge in [0.25, 0.3) is 5.19 Å². The highest BCUT2D eigenvalue weighted by Crippen LogP contribution is 2.33. The summed E-state index contributed by atoms with van der Waals surface area (Å²) < 4.78 is 6.16. The van der Waals surface area contributed by atoms with E-state index in [1.54, 1.807) is 7.11 Å². The lowest BCUT2D eigenvalue weighted by Crippen LogP contribution is -1.78. The fraction of sp³-hybridized carbons (Fsp3) is 0.222. The van der Waals surface area contributed by atoms with E-state index in [1.165, 1.54) is 11.3 Å². The number of hydrogen-bond acceptors (Lipinski definition) is 3. The van der Waals surface area contributed by atoms with Gasteiger partial charge >= 0.3 is 0 Å². The first-order chi connectivity index (χ1) is 6.22. The molecule has 0 atom stereocenters. The third-order valence-corrected chi connectivity index (χ3v) is 3.46. The van der Waals surface area contributed by atoms with Crippen LogP contribution >= 0.6 is 22.9 Å². The van der Waals surface area contributed by atoms with Crippen LogP contribution in [0.5, 0.6) is 5.19 Å². The van der Waals surface area contributed by atoms with Gasteiger partial charge in [-0.25, -0.2) is 4.98 Å². The average Bonchev–Trinajstić information content (AvgIpc) is 2.55. The molecule has 0 aliphatic rings. The van der Waals surface area contributed by atoms with Gasteiger partial charge in [-0.3, -0.25) is 0 Å². The molecule has 2 nitrogen and oxygen atoms in total. The lowest BCUT2D eigenvalue weighted by atomic mass is 10.2. The molecule has 0 saturated heterocycles. The van der Waals surface area contributed by atoms with E-state index in [2.05, 4.69) is 4.98 Å². The second kappa shape index (κ2) is 3.16. The largest absolute Gasteiger partial charge is 0.473 e. The second-order valence-electron chi connectivity index (χ2n) is 2.70. The van der Waals surface area contributed by atoms with Crippen molar-refractivity contribution >= 4 is 33.2 Å². The summed E-state index contributed by atoms with van der Waals surface area (Å²) in [6.45, 7) is 1.99. The summed E-state index contributed by atoms with van der Waals surface area (Å²) in [4.78, 5) is 4.27. The number of methoxy groups -OCH3 is 1. The van der Waals surface area contributed by atoms with Crippen LogP contribution < -0.4 is 4.74 Å². The number of aryl methyl sites for hydroxylation is 1. The minimum atomic E-state index is 0.681. The van der Waals surface area contributed by atoms with Crippen LogP contribution in [0.2, 0.25) is 5.02 Å². The number of nitrogens with zero attached hydrogens (tertiary/aromatic N) is 1. The standard InChI is InChI=1S/C9H8ClNOS/c1-5-6(10)3-4-7-8(5)13-9(11-7)12-2/h3-4H,1-2H3. The monoisotopic (exact) mass is 213 g/mol. The first-order valence-corrected chi connectivity index (χ1v) is 5.01. The van der Waals surface area contributed by atoms with Crippen LogP contribution in [0.1, 0.15) is 5.56 Å². The normalized spacial score (nSPS) is 10.7. The zero-order valence-electron chi connectivity index (χ0n) is 7.30. The molecule has 0 N–H and O–H groups in total. The van der Waals surface area contributed by atoms with Gasteiger partial charge < -0.3 is 4.74 Å². The highest BCUT2D eigenvalue weighted by molar-refractivity contribution is 7.20. The number of ether oxygens (including phenoxy) is 1. The molecule has 0 amide bonds. The molecule has 0 aliphatic heterocycles. The predicted octanol–water partition coefficient (Wildman–Crippen LogP) is 3.27. The van der Waals surface area contributed by atoms with Crippen LogP contribution in [-0.2, 0) is 0 Å². The van der Waals surface area contributed by atoms with E-state index in [0.717, 1.165) is 20.8 Å². The molecule has 0 bridgehead atoms. The van der Waals surface area contributed by atoms with E-state index >= 15 is 0 Å². The van der Waals surface area contributed by atoms with Crippen molar-refractivity contribution in [2.45, 2.75) is 6.92 Å². The summed E-state index contributed by atoms with van der Waals surface area (Å²) in [6.07, 6.45) is 0. The van der Waals surface area contributed by atoms with Crippen LogP contribution in [-0.4, -0.2) is 12.1 Å². The molecule has 1 heterocycles. The van der Waals surface area contributed by atoms with E-state index in [9.17, 15) is 0 Å². The molecule has 4 heteroatoms. The van der Waals surface area contributed by atoms with Crippen LogP contribution in [0.25, 0.3) is 10.2 Å². The van der Waals surface area contributed by atoms with Crippen molar-refractivity contribution in [2.75, 3.05) is 7.11 Å². The minimum absolute atomic E-state index is 0.681. The number of halogens is 1. The summed E-state index contributed by atoms with van der Waals surface area (Å²) in [5.74, 6) is 0. The Labute approximate surface area is 85.1 Å². The number of thiazole rings is 1. The van der Waals surface area contributed by atoms with Crippen molar-refractivity contribution < 1.29 is 4.74 Å². The quantitative estimate of drug-likeness (QED) is 0.726. The maximum absolute atomic E-state index is 5.98. The van der Waals surface area contributed by atoms with Crippen molar-refractivity contribution in [1.82, 2.24) is 4.98 Å². The van der Waals surface area contributed by atoms with Crippen molar-refractivity contribution in [3.63, 3.8) is 0 Å². The zero-order valence-corrected chi connectivity index (χ0v) is 8.87. The fourth-order valence-electron chi connectivity index (χ4n) is 1.17. The Morgan fingerprint density at radius 1 is 1.46 bits per heavy atom. The first-order valence-electron chi connectivity index (χ1n) is 3.82. The Bertz CT molecular complexity index is 452.